The van der Waals surface area contributed by atoms with Gasteiger partial charge in [-0.05, 0) is 37.8 Å². The number of hydrogen-bond acceptors (Lipinski definition) is 6. The summed E-state index contributed by atoms with van der Waals surface area (Å²) in [6, 6.07) is 6.88. The molecule has 1 N–H and O–H groups in total. The minimum absolute atomic E-state index is 0.330. The van der Waals surface area contributed by atoms with Crippen molar-refractivity contribution in [3.63, 3.8) is 0 Å². The normalized spacial score (nSPS) is 14.0. The molecule has 0 radical (unpaired) electrons. The molecule has 26 heavy (non-hydrogen) atoms. The summed E-state index contributed by atoms with van der Waals surface area (Å²) in [4.78, 5) is 0.330. The molecule has 0 bridgehead atoms. The van der Waals surface area contributed by atoms with Gasteiger partial charge in [0.05, 0.1) is 24.7 Å². The van der Waals surface area contributed by atoms with E-state index < -0.39 is 17.8 Å². The van der Waals surface area contributed by atoms with Gasteiger partial charge in [-0.1, -0.05) is 40.5 Å². The van der Waals surface area contributed by atoms with Crippen molar-refractivity contribution in [1.82, 2.24) is 5.32 Å². The highest BCUT2D eigenvalue weighted by molar-refractivity contribution is 9.10. The molecule has 0 amide bonds. The maximum atomic E-state index is 12.4. The molecule has 0 fully saturated rings. The second kappa shape index (κ2) is 13.0. The zero-order valence-corrected chi connectivity index (χ0v) is 18.6. The molecule has 5 nitrogen and oxygen atoms in total. The summed E-state index contributed by atoms with van der Waals surface area (Å²) in [5.74, 6) is 1.05. The number of nitrogens with one attached hydrogen (secondary N) is 1. The molecule has 1 unspecified atom stereocenters. The van der Waals surface area contributed by atoms with Crippen LogP contribution in [0.3, 0.4) is 0 Å². The molecule has 1 atom stereocenters. The first-order valence-corrected chi connectivity index (χ1v) is 13.8. The van der Waals surface area contributed by atoms with Crippen molar-refractivity contribution in [3.05, 3.63) is 29.8 Å². The SMILES string of the molecule is Cc1ccc(S(=O)(=O)[SH](S)CNCCOCCOCCCC(C)C)cc1. The quantitative estimate of drug-likeness (QED) is 0.243. The van der Waals surface area contributed by atoms with Gasteiger partial charge in [0.2, 0.25) is 8.87 Å². The van der Waals surface area contributed by atoms with Crippen LogP contribution in [0.15, 0.2) is 29.2 Å². The number of thiol groups is 2. The Labute approximate surface area is 165 Å². The lowest BCUT2D eigenvalue weighted by molar-refractivity contribution is 0.0470. The van der Waals surface area contributed by atoms with Crippen LogP contribution < -0.4 is 5.32 Å². The van der Waals surface area contributed by atoms with E-state index in [-0.39, 0.29) is 0 Å². The number of hydrogen-bond donors (Lipinski definition) is 3. The summed E-state index contributed by atoms with van der Waals surface area (Å²) in [6.07, 6.45) is 2.27. The molecular formula is C18H33NO4S3. The molecule has 0 heterocycles. The smallest absolute Gasteiger partial charge is 0.219 e. The predicted octanol–water partition coefficient (Wildman–Crippen LogP) is 3.55. The van der Waals surface area contributed by atoms with Crippen LogP contribution in [0.25, 0.3) is 0 Å². The fourth-order valence-electron chi connectivity index (χ4n) is 2.15. The van der Waals surface area contributed by atoms with Crippen LogP contribution in [0.2, 0.25) is 0 Å². The molecule has 1 rings (SSSR count). The average molecular weight is 424 g/mol. The van der Waals surface area contributed by atoms with E-state index in [0.717, 1.165) is 18.6 Å². The van der Waals surface area contributed by atoms with Crippen molar-refractivity contribution >= 4 is 29.5 Å². The lowest BCUT2D eigenvalue weighted by Crippen LogP contribution is -2.22. The van der Waals surface area contributed by atoms with E-state index in [1.54, 1.807) is 24.3 Å². The van der Waals surface area contributed by atoms with Crippen LogP contribution in [0.5, 0.6) is 0 Å². The first-order valence-electron chi connectivity index (χ1n) is 8.98. The van der Waals surface area contributed by atoms with E-state index in [0.29, 0.717) is 43.1 Å². The van der Waals surface area contributed by atoms with Crippen LogP contribution in [0.4, 0.5) is 0 Å². The summed E-state index contributed by atoms with van der Waals surface area (Å²) >= 11 is 4.31. The highest BCUT2D eigenvalue weighted by Crippen LogP contribution is 2.41. The highest BCUT2D eigenvalue weighted by atomic mass is 33.5. The minimum Gasteiger partial charge on any atom is -0.379 e. The Kier molecular flexibility index (Phi) is 11.9. The van der Waals surface area contributed by atoms with Crippen molar-refractivity contribution in [2.75, 3.05) is 38.8 Å². The van der Waals surface area contributed by atoms with Crippen LogP contribution in [-0.2, 0) is 18.3 Å². The zero-order chi connectivity index (χ0) is 19.4. The van der Waals surface area contributed by atoms with Gasteiger partial charge in [-0.3, -0.25) is 0 Å². The second-order valence-corrected chi connectivity index (χ2v) is 14.0. The van der Waals surface area contributed by atoms with E-state index in [1.165, 1.54) is 6.42 Å². The van der Waals surface area contributed by atoms with E-state index in [2.05, 4.69) is 30.8 Å². The summed E-state index contributed by atoms with van der Waals surface area (Å²) in [5, 5.41) is 3.10. The van der Waals surface area contributed by atoms with Crippen LogP contribution in [0, 0.1) is 12.8 Å². The Bertz CT molecular complexity index is 591. The first-order chi connectivity index (χ1) is 12.3. The van der Waals surface area contributed by atoms with Gasteiger partial charge in [0, 0.05) is 19.0 Å². The monoisotopic (exact) mass is 423 g/mol. The van der Waals surface area contributed by atoms with Gasteiger partial charge in [0.1, 0.15) is 0 Å². The Morgan fingerprint density at radius 3 is 2.31 bits per heavy atom. The fourth-order valence-corrected chi connectivity index (χ4v) is 6.42. The van der Waals surface area contributed by atoms with Gasteiger partial charge in [-0.15, -0.1) is 11.7 Å². The molecule has 1 aromatic rings. The third-order valence-corrected chi connectivity index (χ3v) is 10.7. The van der Waals surface area contributed by atoms with Gasteiger partial charge >= 0.3 is 0 Å². The highest BCUT2D eigenvalue weighted by Gasteiger charge is 2.20. The molecule has 0 saturated carbocycles. The Morgan fingerprint density at radius 1 is 1.08 bits per heavy atom. The molecular weight excluding hydrogens is 390 g/mol. The van der Waals surface area contributed by atoms with Crippen LogP contribution >= 0.6 is 20.6 Å². The number of rotatable bonds is 14. The number of benzene rings is 1. The van der Waals surface area contributed by atoms with Gasteiger partial charge in [-0.25, -0.2) is 8.42 Å². The first kappa shape index (κ1) is 23.8. The summed E-state index contributed by atoms with van der Waals surface area (Å²) in [6.45, 7) is 9.39. The summed E-state index contributed by atoms with van der Waals surface area (Å²) < 4.78 is 35.9. The molecule has 0 aliphatic heterocycles. The molecule has 1 aromatic carbocycles. The predicted molar refractivity (Wildman–Crippen MR) is 115 cm³/mol. The third kappa shape index (κ3) is 9.62. The Morgan fingerprint density at radius 2 is 1.69 bits per heavy atom. The van der Waals surface area contributed by atoms with Crippen molar-refractivity contribution in [2.45, 2.75) is 38.5 Å². The van der Waals surface area contributed by atoms with Gasteiger partial charge in [0.25, 0.3) is 0 Å². The molecule has 0 aliphatic carbocycles. The van der Waals surface area contributed by atoms with Crippen molar-refractivity contribution in [2.24, 2.45) is 5.92 Å². The van der Waals surface area contributed by atoms with Crippen molar-refractivity contribution in [3.8, 4) is 0 Å². The summed E-state index contributed by atoms with van der Waals surface area (Å²) in [5.41, 5.74) is 1.03. The molecule has 152 valence electrons. The van der Waals surface area contributed by atoms with E-state index >= 15 is 0 Å². The maximum absolute atomic E-state index is 12.4. The van der Waals surface area contributed by atoms with Gasteiger partial charge in [-0.2, -0.15) is 0 Å². The Hall–Kier alpha value is -0.250. The fraction of sp³-hybridized carbons (Fsp3) is 0.667. The zero-order valence-electron chi connectivity index (χ0n) is 16.0. The van der Waals surface area contributed by atoms with E-state index in [4.69, 9.17) is 9.47 Å². The molecule has 8 heteroatoms. The lowest BCUT2D eigenvalue weighted by atomic mass is 10.1. The topological polar surface area (TPSA) is 64.6 Å². The second-order valence-electron chi connectivity index (χ2n) is 6.56. The molecule has 0 aromatic heterocycles. The number of aryl methyl sites for hydroxylation is 1. The lowest BCUT2D eigenvalue weighted by Gasteiger charge is -2.17. The minimum atomic E-state index is -3.37. The van der Waals surface area contributed by atoms with Crippen molar-refractivity contribution in [1.29, 1.82) is 0 Å². The van der Waals surface area contributed by atoms with E-state index in [9.17, 15) is 8.42 Å². The molecule has 0 aliphatic rings. The Balaban J connectivity index is 2.09. The largest absolute Gasteiger partial charge is 0.379 e. The van der Waals surface area contributed by atoms with Crippen LogP contribution in [0.1, 0.15) is 32.3 Å². The van der Waals surface area contributed by atoms with Gasteiger partial charge < -0.3 is 14.8 Å². The van der Waals surface area contributed by atoms with Crippen LogP contribution in [-0.4, -0.2) is 47.3 Å². The molecule has 0 spiro atoms. The summed E-state index contributed by atoms with van der Waals surface area (Å²) in [7, 11) is -4.84. The van der Waals surface area contributed by atoms with Gasteiger partial charge in [0.15, 0.2) is 0 Å². The average Bonchev–Trinajstić information content (AvgIpc) is 2.59. The van der Waals surface area contributed by atoms with Crippen molar-refractivity contribution < 1.29 is 17.9 Å². The van der Waals surface area contributed by atoms with E-state index in [1.807, 2.05) is 6.92 Å². The third-order valence-electron chi connectivity index (χ3n) is 3.71. The number of ether oxygens (including phenoxy) is 2. The maximum Gasteiger partial charge on any atom is 0.219 e. The molecule has 0 saturated heterocycles. The standard InChI is InChI=1S/C18H33NO4S3/c1-16(2)5-4-11-22-13-14-23-12-10-19-15-25(24)26(20,21)18-8-6-17(3)7-9-18/h6-9,16,19,24-25H,4-5,10-15H2,1-3H3.